The van der Waals surface area contributed by atoms with Gasteiger partial charge in [-0.2, -0.15) is 0 Å². The zero-order chi connectivity index (χ0) is 44.9. The lowest BCUT2D eigenvalue weighted by Crippen LogP contribution is -2.57. The minimum Gasteiger partial charge on any atom is -0.469 e. The van der Waals surface area contributed by atoms with Gasteiger partial charge in [0.25, 0.3) is 0 Å². The van der Waals surface area contributed by atoms with Gasteiger partial charge in [0.15, 0.2) is 0 Å². The van der Waals surface area contributed by atoms with E-state index in [-0.39, 0.29) is 44.1 Å². The van der Waals surface area contributed by atoms with E-state index in [1.807, 2.05) is 82.3 Å². The molecule has 7 atom stereocenters. The van der Waals surface area contributed by atoms with Crippen molar-refractivity contribution in [3.63, 3.8) is 0 Å². The molecule has 3 aromatic rings. The van der Waals surface area contributed by atoms with Crippen molar-refractivity contribution in [2.24, 2.45) is 11.8 Å². The van der Waals surface area contributed by atoms with Crippen molar-refractivity contribution in [2.45, 2.75) is 122 Å². The van der Waals surface area contributed by atoms with Crippen LogP contribution < -0.4 is 26.6 Å². The van der Waals surface area contributed by atoms with Gasteiger partial charge in [-0.05, 0) is 48.3 Å². The number of aliphatic hydroxyl groups is 2. The van der Waals surface area contributed by atoms with Gasteiger partial charge in [-0.15, -0.1) is 0 Å². The molecule has 0 spiro atoms. The number of esters is 1. The summed E-state index contributed by atoms with van der Waals surface area (Å²) in [6.07, 6.45) is -3.43. The van der Waals surface area contributed by atoms with Crippen LogP contribution in [0.2, 0.25) is 0 Å². The van der Waals surface area contributed by atoms with Crippen LogP contribution in [-0.4, -0.2) is 95.4 Å². The molecule has 0 radical (unpaired) electrons. The summed E-state index contributed by atoms with van der Waals surface area (Å²) in [6, 6.07) is 22.1. The van der Waals surface area contributed by atoms with Gasteiger partial charge in [0, 0.05) is 12.8 Å². The van der Waals surface area contributed by atoms with Crippen LogP contribution in [0.4, 0.5) is 4.79 Å². The van der Waals surface area contributed by atoms with Crippen molar-refractivity contribution in [3.8, 4) is 0 Å². The van der Waals surface area contributed by atoms with Crippen molar-refractivity contribution < 1.29 is 48.5 Å². The Morgan fingerprint density at radius 1 is 0.541 bits per heavy atom. The molecule has 61 heavy (non-hydrogen) atoms. The number of methoxy groups -OCH3 is 1. The largest absolute Gasteiger partial charge is 0.469 e. The van der Waals surface area contributed by atoms with E-state index in [2.05, 4.69) is 31.3 Å². The third kappa shape index (κ3) is 18.6. The number of aliphatic hydroxyl groups excluding tert-OH is 2. The average molecular weight is 846 g/mol. The van der Waals surface area contributed by atoms with E-state index in [1.165, 1.54) is 14.0 Å². The molecule has 15 heteroatoms. The molecule has 0 fully saturated rings. The van der Waals surface area contributed by atoms with Crippen LogP contribution in [0.3, 0.4) is 0 Å². The van der Waals surface area contributed by atoms with Gasteiger partial charge in [0.2, 0.25) is 23.6 Å². The number of amides is 5. The fraction of sp³-hybridized carbons (Fsp3) is 0.478. The van der Waals surface area contributed by atoms with E-state index in [1.54, 1.807) is 36.4 Å². The molecule has 7 N–H and O–H groups in total. The Hall–Kier alpha value is -5.80. The molecule has 0 bridgehead atoms. The molecule has 0 aliphatic heterocycles. The lowest BCUT2D eigenvalue weighted by molar-refractivity contribution is -0.144. The number of carbonyl (C=O) groups is 6. The van der Waals surface area contributed by atoms with Crippen molar-refractivity contribution in [1.82, 2.24) is 26.6 Å². The number of nitrogens with one attached hydrogen (secondary N) is 5. The molecule has 15 nitrogen and oxygen atoms in total. The molecule has 0 heterocycles. The molecule has 3 aromatic carbocycles. The summed E-state index contributed by atoms with van der Waals surface area (Å²) in [7, 11) is 1.20. The Bertz CT molecular complexity index is 1830. The third-order valence-corrected chi connectivity index (χ3v) is 9.82. The van der Waals surface area contributed by atoms with Crippen molar-refractivity contribution in [2.75, 3.05) is 7.11 Å². The molecule has 0 aromatic heterocycles. The summed E-state index contributed by atoms with van der Waals surface area (Å²) in [5.74, 6) is -3.15. The molecule has 332 valence electrons. The fourth-order valence-corrected chi connectivity index (χ4v) is 6.62. The zero-order valence-corrected chi connectivity index (χ0v) is 36.0. The monoisotopic (exact) mass is 845 g/mol. The maximum atomic E-state index is 14.2. The smallest absolute Gasteiger partial charge is 0.408 e. The van der Waals surface area contributed by atoms with Gasteiger partial charge >= 0.3 is 12.1 Å². The molecular weight excluding hydrogens is 783 g/mol. The Morgan fingerprint density at radius 2 is 0.967 bits per heavy atom. The van der Waals surface area contributed by atoms with E-state index in [4.69, 9.17) is 4.74 Å². The lowest BCUT2D eigenvalue weighted by Gasteiger charge is -2.29. The molecule has 0 saturated carbocycles. The van der Waals surface area contributed by atoms with Gasteiger partial charge in [-0.1, -0.05) is 119 Å². The zero-order valence-electron chi connectivity index (χ0n) is 36.0. The molecule has 0 aliphatic rings. The van der Waals surface area contributed by atoms with Gasteiger partial charge in [0.1, 0.15) is 24.7 Å². The normalized spacial score (nSPS) is 14.6. The summed E-state index contributed by atoms with van der Waals surface area (Å²) < 4.78 is 10.1. The first-order chi connectivity index (χ1) is 29.0. The topological polar surface area (TPSA) is 221 Å². The summed E-state index contributed by atoms with van der Waals surface area (Å²) in [5.41, 5.74) is 2.25. The highest BCUT2D eigenvalue weighted by Crippen LogP contribution is 2.15. The summed E-state index contributed by atoms with van der Waals surface area (Å²) in [4.78, 5) is 79.3. The van der Waals surface area contributed by atoms with E-state index < -0.39 is 84.5 Å². The van der Waals surface area contributed by atoms with Crippen molar-refractivity contribution in [1.29, 1.82) is 0 Å². The highest BCUT2D eigenvalue weighted by molar-refractivity contribution is 5.92. The van der Waals surface area contributed by atoms with Crippen LogP contribution in [0, 0.1) is 11.8 Å². The van der Waals surface area contributed by atoms with Gasteiger partial charge in [-0.3, -0.25) is 24.0 Å². The summed E-state index contributed by atoms with van der Waals surface area (Å²) in [5, 5.41) is 35.6. The quantitative estimate of drug-likeness (QED) is 0.0651. The van der Waals surface area contributed by atoms with Crippen molar-refractivity contribution >= 4 is 35.7 Å². The maximum Gasteiger partial charge on any atom is 0.408 e. The molecule has 5 amide bonds. The Labute approximate surface area is 358 Å². The summed E-state index contributed by atoms with van der Waals surface area (Å²) >= 11 is 0. The van der Waals surface area contributed by atoms with Crippen LogP contribution in [0.5, 0.6) is 0 Å². The SMILES string of the molecule is COC(=O)CC(O)[C@H](CC(C)C)NC(=O)[C@H](C)NC(=O)CC(O)[C@H](CC(C)C)NC(=O)[C@@H](Cc1ccccc1)NC(=O)[C@H](Cc1ccccc1)NC(=O)OCc1ccccc1. The van der Waals surface area contributed by atoms with Crippen LogP contribution in [0.25, 0.3) is 0 Å². The highest BCUT2D eigenvalue weighted by atomic mass is 16.5. The predicted octanol–water partition coefficient (Wildman–Crippen LogP) is 3.49. The summed E-state index contributed by atoms with van der Waals surface area (Å²) in [6.45, 7) is 9.00. The van der Waals surface area contributed by atoms with Crippen LogP contribution in [0.1, 0.15) is 77.0 Å². The van der Waals surface area contributed by atoms with Crippen LogP contribution in [-0.2, 0) is 52.9 Å². The predicted molar refractivity (Wildman–Crippen MR) is 229 cm³/mol. The number of rotatable bonds is 24. The first kappa shape index (κ1) is 49.6. The van der Waals surface area contributed by atoms with E-state index >= 15 is 0 Å². The first-order valence-corrected chi connectivity index (χ1v) is 20.7. The van der Waals surface area contributed by atoms with Gasteiger partial charge in [0.05, 0.1) is 44.2 Å². The minimum absolute atomic E-state index is 0.0174. The maximum absolute atomic E-state index is 14.2. The third-order valence-electron chi connectivity index (χ3n) is 9.82. The molecule has 0 aliphatic carbocycles. The minimum atomic E-state index is -1.39. The first-order valence-electron chi connectivity index (χ1n) is 20.7. The van der Waals surface area contributed by atoms with Gasteiger partial charge in [-0.25, -0.2) is 4.79 Å². The van der Waals surface area contributed by atoms with Gasteiger partial charge < -0.3 is 46.3 Å². The molecule has 0 saturated heterocycles. The van der Waals surface area contributed by atoms with E-state index in [0.29, 0.717) is 6.42 Å². The van der Waals surface area contributed by atoms with E-state index in [0.717, 1.165) is 16.7 Å². The number of carbonyl (C=O) groups excluding carboxylic acids is 6. The second-order valence-electron chi connectivity index (χ2n) is 16.1. The lowest BCUT2D eigenvalue weighted by atomic mass is 9.95. The Balaban J connectivity index is 1.75. The average Bonchev–Trinajstić information content (AvgIpc) is 3.22. The number of ether oxygens (including phenoxy) is 2. The Kier molecular flexibility index (Phi) is 20.9. The number of hydrogen-bond donors (Lipinski definition) is 7. The second-order valence-corrected chi connectivity index (χ2v) is 16.1. The molecular formula is C46H63N5O10. The van der Waals surface area contributed by atoms with Crippen LogP contribution in [0.15, 0.2) is 91.0 Å². The molecule has 2 unspecified atom stereocenters. The van der Waals surface area contributed by atoms with Crippen LogP contribution >= 0.6 is 0 Å². The highest BCUT2D eigenvalue weighted by Gasteiger charge is 2.33. The van der Waals surface area contributed by atoms with Crippen molar-refractivity contribution in [3.05, 3.63) is 108 Å². The second kappa shape index (κ2) is 25.7. The Morgan fingerprint density at radius 3 is 1.44 bits per heavy atom. The number of benzene rings is 3. The standard InChI is InChI=1S/C46H63N5O10/c1-29(2)22-35(39(52)26-41(54)47-31(5)43(56)48-36(23-30(3)4)40(53)27-42(55)60-6)49-44(57)37(24-32-16-10-7-11-17-32)50-45(58)38(25-33-18-12-8-13-19-33)51-46(59)61-28-34-20-14-9-15-21-34/h7-21,29-31,35-40,52-53H,22-28H2,1-6H3,(H,47,54)(H,48,56)(H,49,57)(H,50,58)(H,51,59)/t31-,35-,36-,37+,38-,39?,40?/m0/s1. The van der Waals surface area contributed by atoms with E-state index in [9.17, 15) is 39.0 Å². The number of alkyl carbamates (subject to hydrolysis) is 1. The number of hydrogen-bond acceptors (Lipinski definition) is 10. The molecule has 3 rings (SSSR count). The fourth-order valence-electron chi connectivity index (χ4n) is 6.62.